The van der Waals surface area contributed by atoms with Crippen molar-refractivity contribution < 1.29 is 9.59 Å². The van der Waals surface area contributed by atoms with Crippen LogP contribution in [-0.4, -0.2) is 62.6 Å². The Labute approximate surface area is 194 Å². The van der Waals surface area contributed by atoms with Crippen LogP contribution in [0.4, 0.5) is 0 Å². The van der Waals surface area contributed by atoms with Gasteiger partial charge in [-0.05, 0) is 49.9 Å². The highest BCUT2D eigenvalue weighted by Crippen LogP contribution is 2.27. The molecule has 0 atom stereocenters. The van der Waals surface area contributed by atoms with Crippen LogP contribution in [-0.2, 0) is 24.1 Å². The molecule has 0 spiro atoms. The van der Waals surface area contributed by atoms with Crippen LogP contribution in [0.15, 0.2) is 54.7 Å². The van der Waals surface area contributed by atoms with Crippen LogP contribution in [0.25, 0.3) is 5.69 Å². The number of rotatable bonds is 4. The van der Waals surface area contributed by atoms with E-state index in [1.165, 1.54) is 12.1 Å². The molecule has 33 heavy (non-hydrogen) atoms. The molecular weight excluding hydrogens is 414 g/mol. The van der Waals surface area contributed by atoms with Gasteiger partial charge < -0.3 is 9.80 Å². The molecule has 1 fully saturated rings. The van der Waals surface area contributed by atoms with Gasteiger partial charge in [-0.1, -0.05) is 30.7 Å². The summed E-state index contributed by atoms with van der Waals surface area (Å²) < 4.78 is 1.97. The van der Waals surface area contributed by atoms with Crippen LogP contribution in [0.3, 0.4) is 0 Å². The fourth-order valence-corrected chi connectivity index (χ4v) is 4.81. The van der Waals surface area contributed by atoms with Gasteiger partial charge in [-0.15, -0.1) is 0 Å². The van der Waals surface area contributed by atoms with Gasteiger partial charge in [0.1, 0.15) is 0 Å². The summed E-state index contributed by atoms with van der Waals surface area (Å²) in [5.41, 5.74) is 4.64. The lowest BCUT2D eigenvalue weighted by atomic mass is 10.1. The highest BCUT2D eigenvalue weighted by Gasteiger charge is 2.30. The van der Waals surface area contributed by atoms with Crippen molar-refractivity contribution in [3.05, 3.63) is 77.4 Å². The normalized spacial score (nSPS) is 16.2. The fraction of sp³-hybridized carbons (Fsp3) is 0.385. The molecule has 0 unspecified atom stereocenters. The quantitative estimate of drug-likeness (QED) is 0.581. The number of para-hydroxylation sites is 1. The van der Waals surface area contributed by atoms with Crippen LogP contribution in [0, 0.1) is 0 Å². The Hall–Kier alpha value is -3.48. The standard InChI is InChI=1S/C26H29N5O2/c32-24(19-20-9-7-8-14-27-20)29-15-17-30(18-16-29)26(33)25-22-12-5-2-6-13-23(22)31(28-25)21-10-3-1-4-11-21/h1,3-4,7-11,14H,2,5-6,12-13,15-19H2. The number of pyridine rings is 1. The molecule has 0 radical (unpaired) electrons. The van der Waals surface area contributed by atoms with Crippen LogP contribution in [0.5, 0.6) is 0 Å². The number of aromatic nitrogens is 3. The van der Waals surface area contributed by atoms with Crippen LogP contribution >= 0.6 is 0 Å². The second kappa shape index (κ2) is 9.57. The Kier molecular flexibility index (Phi) is 6.19. The number of hydrogen-bond acceptors (Lipinski definition) is 4. The van der Waals surface area contributed by atoms with Gasteiger partial charge in [0.25, 0.3) is 5.91 Å². The van der Waals surface area contributed by atoms with Gasteiger partial charge in [0.05, 0.1) is 12.1 Å². The predicted octanol–water partition coefficient (Wildman–Crippen LogP) is 3.06. The van der Waals surface area contributed by atoms with E-state index in [9.17, 15) is 9.59 Å². The number of amides is 2. The summed E-state index contributed by atoms with van der Waals surface area (Å²) in [7, 11) is 0. The molecular formula is C26H29N5O2. The number of fused-ring (bicyclic) bond motifs is 1. The Morgan fingerprint density at radius 1 is 0.818 bits per heavy atom. The van der Waals surface area contributed by atoms with Gasteiger partial charge in [-0.3, -0.25) is 14.6 Å². The topological polar surface area (TPSA) is 71.3 Å². The first kappa shape index (κ1) is 21.4. The summed E-state index contributed by atoms with van der Waals surface area (Å²) in [5.74, 6) is 0.0441. The van der Waals surface area contributed by atoms with Crippen LogP contribution < -0.4 is 0 Å². The summed E-state index contributed by atoms with van der Waals surface area (Å²) in [5, 5.41) is 4.83. The largest absolute Gasteiger partial charge is 0.339 e. The lowest BCUT2D eigenvalue weighted by Gasteiger charge is -2.34. The second-order valence-electron chi connectivity index (χ2n) is 8.75. The molecule has 2 amide bonds. The molecule has 0 bridgehead atoms. The minimum absolute atomic E-state index is 0.0142. The van der Waals surface area contributed by atoms with Gasteiger partial charge in [0.15, 0.2) is 5.69 Å². The van der Waals surface area contributed by atoms with Crippen molar-refractivity contribution in [3.8, 4) is 5.69 Å². The monoisotopic (exact) mass is 443 g/mol. The van der Waals surface area contributed by atoms with E-state index >= 15 is 0 Å². The first-order valence-electron chi connectivity index (χ1n) is 11.8. The van der Waals surface area contributed by atoms with Crippen LogP contribution in [0.2, 0.25) is 0 Å². The van der Waals surface area contributed by atoms with Crippen molar-refractivity contribution in [2.75, 3.05) is 26.2 Å². The van der Waals surface area contributed by atoms with Crippen molar-refractivity contribution >= 4 is 11.8 Å². The summed E-state index contributed by atoms with van der Waals surface area (Å²) in [6, 6.07) is 15.7. The van der Waals surface area contributed by atoms with E-state index in [0.29, 0.717) is 38.3 Å². The summed E-state index contributed by atoms with van der Waals surface area (Å²) in [4.78, 5) is 34.1. The zero-order valence-corrected chi connectivity index (χ0v) is 18.8. The number of hydrogen-bond donors (Lipinski definition) is 0. The van der Waals surface area contributed by atoms with Crippen LogP contribution in [0.1, 0.15) is 46.7 Å². The van der Waals surface area contributed by atoms with Gasteiger partial charge in [0.2, 0.25) is 5.91 Å². The van der Waals surface area contributed by atoms with E-state index in [2.05, 4.69) is 4.98 Å². The van der Waals surface area contributed by atoms with E-state index in [1.54, 1.807) is 6.20 Å². The molecule has 3 aromatic rings. The van der Waals surface area contributed by atoms with E-state index in [4.69, 9.17) is 5.10 Å². The number of nitrogens with zero attached hydrogens (tertiary/aromatic N) is 5. The van der Waals surface area contributed by atoms with E-state index in [-0.39, 0.29) is 11.8 Å². The first-order valence-corrected chi connectivity index (χ1v) is 11.8. The third-order valence-corrected chi connectivity index (χ3v) is 6.61. The predicted molar refractivity (Wildman–Crippen MR) is 125 cm³/mol. The zero-order valence-electron chi connectivity index (χ0n) is 18.8. The minimum Gasteiger partial charge on any atom is -0.339 e. The average molecular weight is 444 g/mol. The summed E-state index contributed by atoms with van der Waals surface area (Å²) in [6.07, 6.45) is 7.22. The Balaban J connectivity index is 1.31. The van der Waals surface area contributed by atoms with Gasteiger partial charge in [-0.2, -0.15) is 5.10 Å². The third-order valence-electron chi connectivity index (χ3n) is 6.61. The number of carbonyl (C=O) groups excluding carboxylic acids is 2. The first-order chi connectivity index (χ1) is 16.2. The molecule has 3 heterocycles. The molecule has 0 saturated carbocycles. The van der Waals surface area contributed by atoms with Gasteiger partial charge in [-0.25, -0.2) is 4.68 Å². The zero-order chi connectivity index (χ0) is 22.6. The van der Waals surface area contributed by atoms with E-state index in [1.807, 2.05) is 63.0 Å². The second-order valence-corrected chi connectivity index (χ2v) is 8.75. The maximum absolute atomic E-state index is 13.5. The molecule has 5 rings (SSSR count). The lowest BCUT2D eigenvalue weighted by molar-refractivity contribution is -0.132. The lowest BCUT2D eigenvalue weighted by Crippen LogP contribution is -2.51. The van der Waals surface area contributed by atoms with Crippen molar-refractivity contribution in [1.29, 1.82) is 0 Å². The van der Waals surface area contributed by atoms with Gasteiger partial charge in [0, 0.05) is 49.3 Å². The fourth-order valence-electron chi connectivity index (χ4n) is 4.81. The highest BCUT2D eigenvalue weighted by molar-refractivity contribution is 5.94. The number of carbonyl (C=O) groups is 2. The molecule has 1 aliphatic heterocycles. The highest BCUT2D eigenvalue weighted by atomic mass is 16.2. The molecule has 7 nitrogen and oxygen atoms in total. The Morgan fingerprint density at radius 3 is 2.30 bits per heavy atom. The molecule has 0 N–H and O–H groups in total. The number of benzene rings is 1. The molecule has 2 aliphatic rings. The summed E-state index contributed by atoms with van der Waals surface area (Å²) >= 11 is 0. The third kappa shape index (κ3) is 4.53. The molecule has 1 aliphatic carbocycles. The Morgan fingerprint density at radius 2 is 1.55 bits per heavy atom. The number of piperazine rings is 1. The van der Waals surface area contributed by atoms with Crippen molar-refractivity contribution in [1.82, 2.24) is 24.6 Å². The molecule has 1 aromatic carbocycles. The minimum atomic E-state index is -0.0142. The van der Waals surface area contributed by atoms with Gasteiger partial charge >= 0.3 is 0 Å². The summed E-state index contributed by atoms with van der Waals surface area (Å²) in [6.45, 7) is 2.14. The molecule has 2 aromatic heterocycles. The molecule has 1 saturated heterocycles. The maximum Gasteiger partial charge on any atom is 0.274 e. The maximum atomic E-state index is 13.5. The molecule has 170 valence electrons. The molecule has 7 heteroatoms. The Bertz CT molecular complexity index is 1120. The van der Waals surface area contributed by atoms with E-state index < -0.39 is 0 Å². The SMILES string of the molecule is O=C(Cc1ccccn1)N1CCN(C(=O)c2nn(-c3ccccc3)c3c2CCCCC3)CC1. The van der Waals surface area contributed by atoms with E-state index in [0.717, 1.165) is 42.6 Å². The van der Waals surface area contributed by atoms with Crippen molar-refractivity contribution in [2.45, 2.75) is 38.5 Å². The smallest absolute Gasteiger partial charge is 0.274 e. The average Bonchev–Trinajstić information content (AvgIpc) is 3.05. The van der Waals surface area contributed by atoms with Crippen molar-refractivity contribution in [3.63, 3.8) is 0 Å². The van der Waals surface area contributed by atoms with Crippen molar-refractivity contribution in [2.24, 2.45) is 0 Å².